The van der Waals surface area contributed by atoms with Gasteiger partial charge in [-0.15, -0.1) is 30.4 Å². The number of nitrogens with one attached hydrogen (secondary N) is 1. The van der Waals surface area contributed by atoms with Crippen LogP contribution in [0, 0.1) is 26.1 Å². The highest BCUT2D eigenvalue weighted by molar-refractivity contribution is 6.02. The molecule has 3 aromatic carbocycles. The minimum absolute atomic E-state index is 0.0103. The van der Waals surface area contributed by atoms with E-state index in [1.807, 2.05) is 55.5 Å². The van der Waals surface area contributed by atoms with Crippen LogP contribution in [0.25, 0.3) is 33.5 Å². The van der Waals surface area contributed by atoms with Gasteiger partial charge in [0.15, 0.2) is 0 Å². The van der Waals surface area contributed by atoms with E-state index in [1.165, 1.54) is 27.7 Å². The van der Waals surface area contributed by atoms with E-state index in [9.17, 15) is 29.8 Å². The fraction of sp³-hybridized carbons (Fsp3) is 0.371. The average molecular weight is 763 g/mol. The molecule has 5 rings (SSSR count). The molecule has 3 atom stereocenters. The Bertz CT molecular complexity index is 2120. The maximum Gasteiger partial charge on any atom is 0.511 e. The third kappa shape index (κ3) is 9.97. The number of rotatable bonds is 18. The molecule has 2 aromatic heterocycles. The van der Waals surface area contributed by atoms with Crippen molar-refractivity contribution >= 4 is 23.2 Å². The van der Waals surface area contributed by atoms with Crippen LogP contribution in [-0.4, -0.2) is 83.7 Å². The lowest BCUT2D eigenvalue weighted by atomic mass is 9.97. The minimum atomic E-state index is -1.81. The fourth-order valence-corrected chi connectivity index (χ4v) is 5.86. The molecule has 55 heavy (non-hydrogen) atoms. The number of nitrogens with zero attached hydrogens (tertiary/aromatic N) is 7. The number of aromatic nitrogens is 6. The largest absolute Gasteiger partial charge is 0.511 e. The van der Waals surface area contributed by atoms with Gasteiger partial charge in [-0.05, 0) is 60.2 Å². The number of benzene rings is 3. The third-order valence-corrected chi connectivity index (χ3v) is 8.29. The van der Waals surface area contributed by atoms with Gasteiger partial charge in [0.05, 0.1) is 36.4 Å². The van der Waals surface area contributed by atoms with Crippen LogP contribution in [0.2, 0.25) is 0 Å². The molecule has 0 saturated carbocycles. The Morgan fingerprint density at radius 2 is 1.64 bits per heavy atom. The summed E-state index contributed by atoms with van der Waals surface area (Å²) >= 11 is 0. The summed E-state index contributed by atoms with van der Waals surface area (Å²) in [5.41, 5.74) is 4.55. The number of esters is 1. The molecule has 1 unspecified atom stereocenters. The molecular weight excluding hydrogens is 724 g/mol. The zero-order chi connectivity index (χ0) is 39.7. The van der Waals surface area contributed by atoms with Crippen molar-refractivity contribution in [3.63, 3.8) is 0 Å². The van der Waals surface area contributed by atoms with Gasteiger partial charge >= 0.3 is 12.1 Å². The van der Waals surface area contributed by atoms with Gasteiger partial charge < -0.3 is 28.6 Å². The van der Waals surface area contributed by atoms with Gasteiger partial charge in [0, 0.05) is 19.4 Å². The molecule has 20 nitrogen and oxygen atoms in total. The van der Waals surface area contributed by atoms with Gasteiger partial charge in [-0.25, -0.2) is 9.59 Å². The van der Waals surface area contributed by atoms with Crippen molar-refractivity contribution in [2.75, 3.05) is 13.2 Å². The maximum atomic E-state index is 13.7. The van der Waals surface area contributed by atoms with Crippen LogP contribution in [0.5, 0.6) is 6.01 Å². The Hall–Kier alpha value is -6.86. The van der Waals surface area contributed by atoms with Crippen LogP contribution < -0.4 is 4.74 Å². The van der Waals surface area contributed by atoms with Crippen molar-refractivity contribution in [3.8, 4) is 28.5 Å². The standard InChI is InChI=1S/C35H38N8O12/c1-6-50-33-36-28-13-9-12-27(29(28)41(33)20-23-14-16-24(17-15-23)25-10-7-8-11-26(25)31-37-39-40-38-31)32(44)52-35(4,5)53-34(45)51-19-18-21(2)30(55-43(48)49)22(3)54-42(46)47/h7-17,21-22,30H,6,18-20H2,1-5H3,(H,37,38,39,40)/t21?,22-,30+/m0/s1. The van der Waals surface area contributed by atoms with Crippen molar-refractivity contribution in [2.24, 2.45) is 5.92 Å². The molecule has 0 saturated heterocycles. The van der Waals surface area contributed by atoms with E-state index >= 15 is 0 Å². The molecular formula is C35H38N8O12. The predicted molar refractivity (Wildman–Crippen MR) is 190 cm³/mol. The zero-order valence-electron chi connectivity index (χ0n) is 30.4. The first-order chi connectivity index (χ1) is 26.3. The first-order valence-electron chi connectivity index (χ1n) is 17.0. The summed E-state index contributed by atoms with van der Waals surface area (Å²) in [5, 5.41) is 33.9. The number of aromatic amines is 1. The molecule has 0 fully saturated rings. The Labute approximate surface area is 312 Å². The lowest BCUT2D eigenvalue weighted by molar-refractivity contribution is -0.799. The molecule has 0 radical (unpaired) electrons. The number of H-pyrrole nitrogens is 1. The Morgan fingerprint density at radius 3 is 2.29 bits per heavy atom. The highest BCUT2D eigenvalue weighted by Crippen LogP contribution is 2.32. The van der Waals surface area contributed by atoms with Crippen molar-refractivity contribution in [2.45, 2.75) is 65.6 Å². The quantitative estimate of drug-likeness (QED) is 0.0495. The molecule has 2 heterocycles. The van der Waals surface area contributed by atoms with Crippen LogP contribution in [0.4, 0.5) is 4.79 Å². The second-order valence-electron chi connectivity index (χ2n) is 12.6. The number of hydrogen-bond acceptors (Lipinski definition) is 16. The molecule has 290 valence electrons. The smallest absolute Gasteiger partial charge is 0.465 e. The molecule has 1 N–H and O–H groups in total. The van der Waals surface area contributed by atoms with Crippen molar-refractivity contribution in [1.82, 2.24) is 30.2 Å². The van der Waals surface area contributed by atoms with Crippen LogP contribution in [0.15, 0.2) is 66.7 Å². The second-order valence-corrected chi connectivity index (χ2v) is 12.6. The van der Waals surface area contributed by atoms with Gasteiger partial charge in [0.1, 0.15) is 12.2 Å². The number of tetrazole rings is 1. The number of para-hydroxylation sites is 1. The third-order valence-electron chi connectivity index (χ3n) is 8.29. The average Bonchev–Trinajstić information content (AvgIpc) is 3.79. The molecule has 0 spiro atoms. The van der Waals surface area contributed by atoms with Gasteiger partial charge in [-0.3, -0.25) is 4.57 Å². The fourth-order valence-electron chi connectivity index (χ4n) is 5.86. The number of carbonyl (C=O) groups is 2. The predicted octanol–water partition coefficient (Wildman–Crippen LogP) is 5.58. The molecule has 0 aliphatic carbocycles. The van der Waals surface area contributed by atoms with E-state index < -0.39 is 46.2 Å². The first kappa shape index (κ1) is 39.3. The number of carbonyl (C=O) groups excluding carboxylic acids is 2. The summed E-state index contributed by atoms with van der Waals surface area (Å²) in [6.07, 6.45) is -3.83. The summed E-state index contributed by atoms with van der Waals surface area (Å²) in [7, 11) is 0. The molecule has 0 aliphatic rings. The Morgan fingerprint density at radius 1 is 0.927 bits per heavy atom. The Balaban J connectivity index is 1.28. The summed E-state index contributed by atoms with van der Waals surface area (Å²) in [6, 6.07) is 20.7. The van der Waals surface area contributed by atoms with E-state index in [4.69, 9.17) is 18.9 Å². The van der Waals surface area contributed by atoms with Gasteiger partial charge in [-0.1, -0.05) is 61.5 Å². The molecule has 0 amide bonds. The number of imidazole rings is 1. The molecule has 5 aromatic rings. The summed E-state index contributed by atoms with van der Waals surface area (Å²) in [5.74, 6) is -2.89. The summed E-state index contributed by atoms with van der Waals surface area (Å²) < 4.78 is 23.6. The topological polar surface area (TPSA) is 248 Å². The van der Waals surface area contributed by atoms with Crippen molar-refractivity contribution < 1.29 is 48.4 Å². The number of ether oxygens (including phenoxy) is 4. The van der Waals surface area contributed by atoms with Crippen molar-refractivity contribution in [1.29, 1.82) is 0 Å². The lowest BCUT2D eigenvalue weighted by Crippen LogP contribution is -2.38. The SMILES string of the molecule is CCOc1nc2cccc(C(=O)OC(C)(C)OC(=O)OCCC(C)[C@@H](O[N+](=O)[O-])[C@H](C)O[N+](=O)[O-])c2n1Cc1ccc(-c2ccccc2-c2nn[nH]n2)cc1. The number of fused-ring (bicyclic) bond motifs is 1. The normalized spacial score (nSPS) is 13.0. The Kier molecular flexibility index (Phi) is 12.4. The zero-order valence-corrected chi connectivity index (χ0v) is 30.4. The van der Waals surface area contributed by atoms with E-state index in [-0.39, 0.29) is 31.1 Å². The first-order valence-corrected chi connectivity index (χ1v) is 17.0. The minimum Gasteiger partial charge on any atom is -0.465 e. The monoisotopic (exact) mass is 762 g/mol. The summed E-state index contributed by atoms with van der Waals surface area (Å²) in [6.45, 7) is 7.52. The van der Waals surface area contributed by atoms with Crippen LogP contribution in [0.1, 0.15) is 57.0 Å². The van der Waals surface area contributed by atoms with E-state index in [2.05, 4.69) is 35.3 Å². The van der Waals surface area contributed by atoms with Crippen LogP contribution in [-0.2, 0) is 30.4 Å². The molecule has 0 bridgehead atoms. The molecule has 0 aliphatic heterocycles. The summed E-state index contributed by atoms with van der Waals surface area (Å²) in [4.78, 5) is 61.5. The van der Waals surface area contributed by atoms with Gasteiger partial charge in [0.25, 0.3) is 22.0 Å². The van der Waals surface area contributed by atoms with E-state index in [1.54, 1.807) is 22.8 Å². The highest BCUT2D eigenvalue weighted by Gasteiger charge is 2.33. The van der Waals surface area contributed by atoms with E-state index in [0.717, 1.165) is 22.3 Å². The maximum absolute atomic E-state index is 13.7. The lowest BCUT2D eigenvalue weighted by Gasteiger charge is -2.26. The van der Waals surface area contributed by atoms with Crippen molar-refractivity contribution in [3.05, 3.63) is 98.1 Å². The number of hydrogen-bond donors (Lipinski definition) is 1. The molecule has 20 heteroatoms. The van der Waals surface area contributed by atoms with Gasteiger partial charge in [-0.2, -0.15) is 10.2 Å². The van der Waals surface area contributed by atoms with Gasteiger partial charge in [0.2, 0.25) is 5.82 Å². The highest BCUT2D eigenvalue weighted by atomic mass is 17.0. The van der Waals surface area contributed by atoms with Crippen LogP contribution in [0.3, 0.4) is 0 Å². The van der Waals surface area contributed by atoms with E-state index in [0.29, 0.717) is 23.5 Å². The second kappa shape index (κ2) is 17.3. The van der Waals surface area contributed by atoms with Crippen LogP contribution >= 0.6 is 0 Å².